The number of rotatable bonds is 7. The summed E-state index contributed by atoms with van der Waals surface area (Å²) in [5, 5.41) is 4.34. The molecule has 1 aromatic heterocycles. The first-order chi connectivity index (χ1) is 14.3. The zero-order valence-corrected chi connectivity index (χ0v) is 17.3. The number of aromatic nitrogens is 2. The molecule has 1 aliphatic rings. The Morgan fingerprint density at radius 2 is 1.93 bits per heavy atom. The topological polar surface area (TPSA) is 39.5 Å². The van der Waals surface area contributed by atoms with Crippen LogP contribution < -0.4 is 9.47 Å². The molecule has 4 rings (SSSR count). The van der Waals surface area contributed by atoms with Crippen molar-refractivity contribution >= 4 is 0 Å². The number of nitrogens with zero attached hydrogens (tertiary/aromatic N) is 3. The summed E-state index contributed by atoms with van der Waals surface area (Å²) >= 11 is 0. The average Bonchev–Trinajstić information content (AvgIpc) is 3.27. The summed E-state index contributed by atoms with van der Waals surface area (Å²) < 4.78 is 13.0. The van der Waals surface area contributed by atoms with Crippen molar-refractivity contribution in [3.8, 4) is 11.5 Å². The van der Waals surface area contributed by atoms with Crippen molar-refractivity contribution in [1.29, 1.82) is 0 Å². The summed E-state index contributed by atoms with van der Waals surface area (Å²) in [4.78, 5) is 2.60. The Morgan fingerprint density at radius 1 is 1.00 bits per heavy atom. The lowest BCUT2D eigenvalue weighted by Crippen LogP contribution is -2.33. The Bertz CT molecular complexity index is 924. The molecule has 1 saturated heterocycles. The Kier molecular flexibility index (Phi) is 6.15. The van der Waals surface area contributed by atoms with Crippen LogP contribution in [0.1, 0.15) is 42.0 Å². The highest BCUT2D eigenvalue weighted by molar-refractivity contribution is 5.38. The Morgan fingerprint density at radius 3 is 2.72 bits per heavy atom. The summed E-state index contributed by atoms with van der Waals surface area (Å²) in [6, 6.07) is 17.4. The predicted molar refractivity (Wildman–Crippen MR) is 114 cm³/mol. The zero-order chi connectivity index (χ0) is 20.1. The van der Waals surface area contributed by atoms with E-state index in [0.717, 1.165) is 30.2 Å². The average molecular weight is 392 g/mol. The van der Waals surface area contributed by atoms with E-state index in [1.807, 2.05) is 29.2 Å². The molecule has 2 aromatic carbocycles. The first-order valence-corrected chi connectivity index (χ1v) is 10.3. The van der Waals surface area contributed by atoms with Crippen LogP contribution >= 0.6 is 0 Å². The molecule has 5 heteroatoms. The molecule has 1 atom stereocenters. The Balaban J connectivity index is 1.56. The number of benzene rings is 2. The van der Waals surface area contributed by atoms with Crippen molar-refractivity contribution in [2.45, 2.75) is 38.4 Å². The van der Waals surface area contributed by atoms with E-state index in [2.05, 4.69) is 46.4 Å². The molecular formula is C24H29N3O2. The van der Waals surface area contributed by atoms with Gasteiger partial charge in [-0.05, 0) is 60.8 Å². The number of piperidine rings is 1. The largest absolute Gasteiger partial charge is 0.497 e. The third kappa shape index (κ3) is 4.62. The van der Waals surface area contributed by atoms with Gasteiger partial charge in [0, 0.05) is 30.5 Å². The van der Waals surface area contributed by atoms with Crippen molar-refractivity contribution in [1.82, 2.24) is 14.7 Å². The monoisotopic (exact) mass is 391 g/mol. The molecule has 0 amide bonds. The second-order valence-corrected chi connectivity index (χ2v) is 7.61. The molecule has 5 nitrogen and oxygen atoms in total. The van der Waals surface area contributed by atoms with Gasteiger partial charge in [0.2, 0.25) is 0 Å². The van der Waals surface area contributed by atoms with Crippen LogP contribution in [-0.2, 0) is 13.1 Å². The highest BCUT2D eigenvalue weighted by atomic mass is 16.5. The molecule has 1 aliphatic heterocycles. The minimum absolute atomic E-state index is 0.426. The maximum atomic E-state index is 5.59. The molecule has 152 valence electrons. The third-order valence-corrected chi connectivity index (χ3v) is 5.71. The van der Waals surface area contributed by atoms with E-state index in [9.17, 15) is 0 Å². The van der Waals surface area contributed by atoms with Crippen molar-refractivity contribution in [2.75, 3.05) is 20.8 Å². The molecule has 0 aliphatic carbocycles. The SMILES string of the molecule is COc1cccc([C@@H]2CCCCN2Cc2ccc(OC)c(Cn3cccn3)c2)c1. The van der Waals surface area contributed by atoms with Crippen LogP contribution in [0.3, 0.4) is 0 Å². The van der Waals surface area contributed by atoms with Crippen molar-refractivity contribution in [3.63, 3.8) is 0 Å². The molecule has 1 fully saturated rings. The van der Waals surface area contributed by atoms with Crippen LogP contribution in [0.2, 0.25) is 0 Å². The van der Waals surface area contributed by atoms with Gasteiger partial charge in [-0.1, -0.05) is 24.6 Å². The molecule has 2 heterocycles. The zero-order valence-electron chi connectivity index (χ0n) is 17.3. The molecule has 3 aromatic rings. The Labute approximate surface area is 172 Å². The van der Waals surface area contributed by atoms with Gasteiger partial charge in [-0.3, -0.25) is 9.58 Å². The number of likely N-dealkylation sites (tertiary alicyclic amines) is 1. The van der Waals surface area contributed by atoms with Crippen LogP contribution in [0.5, 0.6) is 11.5 Å². The molecular weight excluding hydrogens is 362 g/mol. The summed E-state index contributed by atoms with van der Waals surface area (Å²) in [6.45, 7) is 2.75. The molecule has 0 N–H and O–H groups in total. The second-order valence-electron chi connectivity index (χ2n) is 7.61. The van der Waals surface area contributed by atoms with Gasteiger partial charge in [-0.2, -0.15) is 5.10 Å². The first-order valence-electron chi connectivity index (χ1n) is 10.3. The molecule has 29 heavy (non-hydrogen) atoms. The standard InChI is InChI=1S/C24H29N3O2/c1-28-22-8-5-7-20(16-22)23-9-3-4-13-26(23)17-19-10-11-24(29-2)21(15-19)18-27-14-6-12-25-27/h5-8,10-12,14-16,23H,3-4,9,13,17-18H2,1-2H3/t23-/m0/s1. The van der Waals surface area contributed by atoms with Gasteiger partial charge in [-0.25, -0.2) is 0 Å². The summed E-state index contributed by atoms with van der Waals surface area (Å²) in [7, 11) is 3.46. The fraction of sp³-hybridized carbons (Fsp3) is 0.375. The normalized spacial score (nSPS) is 17.2. The van der Waals surface area contributed by atoms with Gasteiger partial charge in [0.25, 0.3) is 0 Å². The number of hydrogen-bond acceptors (Lipinski definition) is 4. The predicted octanol–water partition coefficient (Wildman–Crippen LogP) is 4.68. The fourth-order valence-electron chi connectivity index (χ4n) is 4.26. The van der Waals surface area contributed by atoms with Crippen LogP contribution in [0.25, 0.3) is 0 Å². The first kappa shape index (κ1) is 19.5. The Hall–Kier alpha value is -2.79. The van der Waals surface area contributed by atoms with Crippen LogP contribution in [0.15, 0.2) is 60.9 Å². The van der Waals surface area contributed by atoms with Gasteiger partial charge in [-0.15, -0.1) is 0 Å². The van der Waals surface area contributed by atoms with Crippen molar-refractivity contribution in [2.24, 2.45) is 0 Å². The minimum Gasteiger partial charge on any atom is -0.497 e. The smallest absolute Gasteiger partial charge is 0.123 e. The highest BCUT2D eigenvalue weighted by Crippen LogP contribution is 2.34. The van der Waals surface area contributed by atoms with Gasteiger partial charge >= 0.3 is 0 Å². The molecule has 0 saturated carbocycles. The van der Waals surface area contributed by atoms with Crippen LogP contribution in [0.4, 0.5) is 0 Å². The molecule has 0 bridgehead atoms. The van der Waals surface area contributed by atoms with Crippen molar-refractivity contribution in [3.05, 3.63) is 77.6 Å². The quantitative estimate of drug-likeness (QED) is 0.586. The maximum absolute atomic E-state index is 5.59. The molecule has 0 unspecified atom stereocenters. The summed E-state index contributed by atoms with van der Waals surface area (Å²) in [5.74, 6) is 1.84. The van der Waals surface area contributed by atoms with E-state index in [1.54, 1.807) is 14.2 Å². The number of ether oxygens (including phenoxy) is 2. The lowest BCUT2D eigenvalue weighted by molar-refractivity contribution is 0.140. The number of methoxy groups -OCH3 is 2. The van der Waals surface area contributed by atoms with E-state index in [-0.39, 0.29) is 0 Å². The summed E-state index contributed by atoms with van der Waals surface area (Å²) in [6.07, 6.45) is 7.49. The van der Waals surface area contributed by atoms with Crippen molar-refractivity contribution < 1.29 is 9.47 Å². The molecule has 0 radical (unpaired) electrons. The van der Waals surface area contributed by atoms with E-state index in [1.165, 1.54) is 30.4 Å². The van der Waals surface area contributed by atoms with Crippen LogP contribution in [0, 0.1) is 0 Å². The van der Waals surface area contributed by atoms with E-state index >= 15 is 0 Å². The number of hydrogen-bond donors (Lipinski definition) is 0. The second kappa shape index (κ2) is 9.14. The lowest BCUT2D eigenvalue weighted by atomic mass is 9.94. The lowest BCUT2D eigenvalue weighted by Gasteiger charge is -2.36. The van der Waals surface area contributed by atoms with Crippen LogP contribution in [-0.4, -0.2) is 35.4 Å². The highest BCUT2D eigenvalue weighted by Gasteiger charge is 2.24. The van der Waals surface area contributed by atoms with Gasteiger partial charge in [0.15, 0.2) is 0 Å². The van der Waals surface area contributed by atoms with E-state index in [4.69, 9.17) is 9.47 Å². The third-order valence-electron chi connectivity index (χ3n) is 5.71. The maximum Gasteiger partial charge on any atom is 0.123 e. The van der Waals surface area contributed by atoms with Gasteiger partial charge < -0.3 is 9.47 Å². The minimum atomic E-state index is 0.426. The van der Waals surface area contributed by atoms with Gasteiger partial charge in [0.05, 0.1) is 20.8 Å². The van der Waals surface area contributed by atoms with E-state index in [0.29, 0.717) is 12.6 Å². The molecule has 0 spiro atoms. The summed E-state index contributed by atoms with van der Waals surface area (Å²) in [5.41, 5.74) is 3.81. The van der Waals surface area contributed by atoms with E-state index < -0.39 is 0 Å². The van der Waals surface area contributed by atoms with Gasteiger partial charge in [0.1, 0.15) is 11.5 Å². The fourth-order valence-corrected chi connectivity index (χ4v) is 4.26.